The van der Waals surface area contributed by atoms with Crippen molar-refractivity contribution in [3.63, 3.8) is 0 Å². The van der Waals surface area contributed by atoms with Crippen molar-refractivity contribution in [2.45, 2.75) is 52.4 Å². The van der Waals surface area contributed by atoms with Crippen LogP contribution in [-0.4, -0.2) is 24.1 Å². The number of hydrogen-bond donors (Lipinski definition) is 0. The summed E-state index contributed by atoms with van der Waals surface area (Å²) in [6.45, 7) is 15.7. The largest absolute Gasteiger partial charge is 0.509 e. The van der Waals surface area contributed by atoms with Gasteiger partial charge in [0.05, 0.1) is 16.7 Å². The van der Waals surface area contributed by atoms with Gasteiger partial charge in [0.2, 0.25) is 0 Å². The predicted octanol–water partition coefficient (Wildman–Crippen LogP) is 18.4. The predicted molar refractivity (Wildman–Crippen MR) is 327 cm³/mol. The Labute approximate surface area is 485 Å². The van der Waals surface area contributed by atoms with Gasteiger partial charge in [-0.2, -0.15) is 12.1 Å². The summed E-state index contributed by atoms with van der Waals surface area (Å²) < 4.78 is 11.7. The van der Waals surface area contributed by atoms with Crippen molar-refractivity contribution in [3.05, 3.63) is 243 Å². The van der Waals surface area contributed by atoms with Gasteiger partial charge in [0, 0.05) is 119 Å². The van der Waals surface area contributed by atoms with Crippen LogP contribution in [0.1, 0.15) is 52.7 Å². The van der Waals surface area contributed by atoms with E-state index < -0.39 is 0 Å². The van der Waals surface area contributed by atoms with Crippen LogP contribution < -0.4 is 14.5 Å². The van der Waals surface area contributed by atoms with Crippen LogP contribution in [0.2, 0.25) is 0 Å². The van der Waals surface area contributed by atoms with Crippen molar-refractivity contribution in [1.82, 2.24) is 24.1 Å². The first-order chi connectivity index (χ1) is 39.0. The molecule has 0 spiro atoms. The Morgan fingerprint density at radius 2 is 1.09 bits per heavy atom. The molecule has 81 heavy (non-hydrogen) atoms. The first-order valence-electron chi connectivity index (χ1n) is 27.3. The number of nitrogens with zero attached hydrogens (tertiary/aromatic N) is 7. The fraction of sp³-hybridized carbons (Fsp3) is 0.111. The van der Waals surface area contributed by atoms with Gasteiger partial charge in [-0.3, -0.25) is 9.97 Å². The van der Waals surface area contributed by atoms with E-state index in [1.54, 1.807) is 0 Å². The molecule has 7 heterocycles. The van der Waals surface area contributed by atoms with Crippen LogP contribution in [-0.2, 0) is 31.9 Å². The Kier molecular flexibility index (Phi) is 11.8. The first-order valence-corrected chi connectivity index (χ1v) is 27.3. The average Bonchev–Trinajstić information content (AvgIpc) is 2.55. The summed E-state index contributed by atoms with van der Waals surface area (Å²) in [5.74, 6) is 1.94. The Hall–Kier alpha value is -9.10. The Morgan fingerprint density at radius 1 is 0.457 bits per heavy atom. The summed E-state index contributed by atoms with van der Waals surface area (Å²) in [5.41, 5.74) is 20.7. The zero-order valence-electron chi connectivity index (χ0n) is 45.6. The fourth-order valence-electron chi connectivity index (χ4n) is 12.3. The third-order valence-electron chi connectivity index (χ3n) is 16.1. The van der Waals surface area contributed by atoms with E-state index in [2.05, 4.69) is 253 Å². The van der Waals surface area contributed by atoms with Crippen molar-refractivity contribution >= 4 is 66.4 Å². The van der Waals surface area contributed by atoms with Gasteiger partial charge in [-0.1, -0.05) is 120 Å². The van der Waals surface area contributed by atoms with Gasteiger partial charge in [0.25, 0.3) is 0 Å². The number of benzene rings is 8. The standard InChI is InChI=1S/C72H54N7O.Pt/c1-71(2,3)47-33-38-75-66(41-47)78-63-27-28-64-67(54-19-8-7-17-52(54)55-20-14-21-56-53-18-9-10-22-60(53)79(64)70(55)56)68(63)57-26-25-51(43-65(57)78)80-50-16-13-15-49(42-50)76-44-77(62-24-12-11-23-61(62)76)69-58(45-29-34-73-35-30-45)39-48(72(4,5)6)40-59(69)46-31-36-74-37-32-46;/h7-41,44H,1-6H3;/q-3;. The molecule has 15 rings (SSSR count). The topological polar surface area (TPSA) is 64.2 Å². The SMILES string of the molecule is CC(C)(C)c1ccnc(-n2c3[c-]c(Oc4[c-]c(N5[CH-]N(c6c(-c7ccncc7)cc(C(C)(C)C)cc6-c6ccncc6)c6ccccc65)ccc4)ccc3c3c4c(ccc32)-n2c3ccccc3c3cccc(c32)-c2ccccc2-4)c1.[Pt]. The van der Waals surface area contributed by atoms with Crippen molar-refractivity contribution < 1.29 is 25.8 Å². The molecule has 0 saturated heterocycles. The van der Waals surface area contributed by atoms with E-state index in [-0.39, 0.29) is 31.9 Å². The van der Waals surface area contributed by atoms with Crippen LogP contribution in [0.3, 0.4) is 0 Å². The van der Waals surface area contributed by atoms with E-state index in [1.165, 1.54) is 49.6 Å². The second-order valence-electron chi connectivity index (χ2n) is 23.0. The van der Waals surface area contributed by atoms with E-state index in [9.17, 15) is 0 Å². The maximum Gasteiger partial charge on any atom is 0.135 e. The number of fused-ring (bicyclic) bond motifs is 13. The summed E-state index contributed by atoms with van der Waals surface area (Å²) in [6.07, 6.45) is 9.40. The summed E-state index contributed by atoms with van der Waals surface area (Å²) in [6, 6.07) is 72.8. The van der Waals surface area contributed by atoms with Crippen LogP contribution in [0.15, 0.2) is 213 Å². The molecular formula is C72H54N7OPt-3. The van der Waals surface area contributed by atoms with Crippen LogP contribution in [0.5, 0.6) is 11.5 Å². The van der Waals surface area contributed by atoms with Gasteiger partial charge >= 0.3 is 0 Å². The van der Waals surface area contributed by atoms with E-state index in [0.29, 0.717) is 11.5 Å². The summed E-state index contributed by atoms with van der Waals surface area (Å²) in [5, 5.41) is 4.65. The van der Waals surface area contributed by atoms with Gasteiger partial charge in [0.15, 0.2) is 0 Å². The molecule has 0 unspecified atom stereocenters. The molecule has 5 aromatic heterocycles. The van der Waals surface area contributed by atoms with Crippen LogP contribution in [0, 0.1) is 18.8 Å². The third-order valence-corrected chi connectivity index (χ3v) is 16.1. The summed E-state index contributed by atoms with van der Waals surface area (Å²) >= 11 is 0. The summed E-state index contributed by atoms with van der Waals surface area (Å²) in [4.78, 5) is 18.5. The summed E-state index contributed by atoms with van der Waals surface area (Å²) in [7, 11) is 0. The molecule has 8 aromatic carbocycles. The number of rotatable bonds is 7. The second-order valence-corrected chi connectivity index (χ2v) is 23.0. The monoisotopic (exact) mass is 1230 g/mol. The molecule has 0 radical (unpaired) electrons. The van der Waals surface area contributed by atoms with Crippen molar-refractivity contribution in [2.75, 3.05) is 9.80 Å². The van der Waals surface area contributed by atoms with Gasteiger partial charge in [0.1, 0.15) is 5.82 Å². The maximum absolute atomic E-state index is 6.94. The minimum atomic E-state index is -0.118. The fourth-order valence-corrected chi connectivity index (χ4v) is 12.3. The minimum absolute atomic E-state index is 0. The second kappa shape index (κ2) is 19.0. The molecule has 13 aromatic rings. The molecule has 0 N–H and O–H groups in total. The number of aromatic nitrogens is 5. The molecule has 396 valence electrons. The zero-order chi connectivity index (χ0) is 54.0. The molecule has 0 bridgehead atoms. The molecule has 0 fully saturated rings. The number of pyridine rings is 3. The molecule has 9 heteroatoms. The van der Waals surface area contributed by atoms with Crippen LogP contribution >= 0.6 is 0 Å². The van der Waals surface area contributed by atoms with Crippen LogP contribution in [0.25, 0.3) is 99.6 Å². The van der Waals surface area contributed by atoms with Gasteiger partial charge in [-0.05, 0) is 128 Å². The first kappa shape index (κ1) is 50.1. The van der Waals surface area contributed by atoms with Crippen molar-refractivity contribution in [3.8, 4) is 67.5 Å². The number of anilines is 4. The third kappa shape index (κ3) is 8.10. The van der Waals surface area contributed by atoms with E-state index >= 15 is 0 Å². The van der Waals surface area contributed by atoms with E-state index in [4.69, 9.17) is 9.72 Å². The number of ether oxygens (including phenoxy) is 1. The number of hydrogen-bond acceptors (Lipinski definition) is 6. The average molecular weight is 1230 g/mol. The van der Waals surface area contributed by atoms with Crippen LogP contribution in [0.4, 0.5) is 22.7 Å². The molecule has 2 aliphatic rings. The Bertz CT molecular complexity index is 4580. The van der Waals surface area contributed by atoms with Crippen molar-refractivity contribution in [2.24, 2.45) is 0 Å². The molecule has 0 saturated carbocycles. The van der Waals surface area contributed by atoms with Gasteiger partial charge in [-0.25, -0.2) is 4.98 Å². The normalized spacial score (nSPS) is 12.9. The Morgan fingerprint density at radius 3 is 1.81 bits per heavy atom. The zero-order valence-corrected chi connectivity index (χ0v) is 47.9. The van der Waals surface area contributed by atoms with Gasteiger partial charge < -0.3 is 23.7 Å². The Balaban J connectivity index is 0.00000589. The number of para-hydroxylation sites is 4. The molecule has 0 atom stereocenters. The molecule has 0 aliphatic carbocycles. The smallest absolute Gasteiger partial charge is 0.135 e. The quantitative estimate of drug-likeness (QED) is 0.148. The van der Waals surface area contributed by atoms with Gasteiger partial charge in [-0.15, -0.1) is 48.1 Å². The van der Waals surface area contributed by atoms with E-state index in [0.717, 1.165) is 83.9 Å². The molecule has 2 aliphatic heterocycles. The molecular weight excluding hydrogens is 1170 g/mol. The molecule has 0 amide bonds. The molecule has 8 nitrogen and oxygen atoms in total. The van der Waals surface area contributed by atoms with E-state index in [1.807, 2.05) is 49.2 Å². The maximum atomic E-state index is 6.94. The minimum Gasteiger partial charge on any atom is -0.509 e. The van der Waals surface area contributed by atoms with Crippen molar-refractivity contribution in [1.29, 1.82) is 0 Å².